The Labute approximate surface area is 209 Å². The fourth-order valence-corrected chi connectivity index (χ4v) is 5.31. The number of ether oxygens (including phenoxy) is 1. The van der Waals surface area contributed by atoms with Crippen molar-refractivity contribution in [2.45, 2.75) is 50.4 Å². The lowest BCUT2D eigenvalue weighted by Crippen LogP contribution is -2.53. The standard InChI is InChI=1S/C27H28ClN3O4/c1-17(32)21-15-30(22-6-4-3-5-20(21)22)16-24(33)31-14-11-23(35-2)25(31)26(34)29-27(12-13-27)18-7-9-19(28)10-8-18/h3-10,15,23,25H,11-14,16H2,1-2H3,(H,29,34)/t23-,25+/m1/s1. The molecular formula is C27H28ClN3O4. The molecule has 2 fully saturated rings. The molecule has 182 valence electrons. The number of hydrogen-bond acceptors (Lipinski definition) is 4. The summed E-state index contributed by atoms with van der Waals surface area (Å²) in [6.45, 7) is 1.99. The molecule has 2 atom stereocenters. The Morgan fingerprint density at radius 2 is 1.83 bits per heavy atom. The predicted molar refractivity (Wildman–Crippen MR) is 133 cm³/mol. The van der Waals surface area contributed by atoms with Crippen LogP contribution in [0.2, 0.25) is 5.02 Å². The molecule has 1 aromatic heterocycles. The lowest BCUT2D eigenvalue weighted by Gasteiger charge is -2.29. The smallest absolute Gasteiger partial charge is 0.246 e. The number of carbonyl (C=O) groups is 3. The van der Waals surface area contributed by atoms with Crippen LogP contribution in [0.3, 0.4) is 0 Å². The number of Topliss-reactive ketones (excluding diaryl/α,β-unsaturated/α-hetero) is 1. The van der Waals surface area contributed by atoms with E-state index in [1.807, 2.05) is 48.5 Å². The number of amides is 2. The Morgan fingerprint density at radius 3 is 2.49 bits per heavy atom. The summed E-state index contributed by atoms with van der Waals surface area (Å²) in [6, 6.07) is 14.3. The largest absolute Gasteiger partial charge is 0.379 e. The van der Waals surface area contributed by atoms with Crippen molar-refractivity contribution in [1.29, 1.82) is 0 Å². The van der Waals surface area contributed by atoms with Crippen molar-refractivity contribution in [3.05, 3.63) is 70.9 Å². The van der Waals surface area contributed by atoms with Gasteiger partial charge in [0, 0.05) is 41.3 Å². The van der Waals surface area contributed by atoms with Gasteiger partial charge in [-0.3, -0.25) is 14.4 Å². The van der Waals surface area contributed by atoms with Gasteiger partial charge in [-0.2, -0.15) is 0 Å². The SMILES string of the molecule is CO[C@@H]1CCN(C(=O)Cn2cc(C(C)=O)c3ccccc32)[C@@H]1C(=O)NC1(c2ccc(Cl)cc2)CC1. The first kappa shape index (κ1) is 23.6. The van der Waals surface area contributed by atoms with Gasteiger partial charge < -0.3 is 19.5 Å². The summed E-state index contributed by atoms with van der Waals surface area (Å²) in [5.41, 5.74) is 1.98. The number of likely N-dealkylation sites (tertiary alicyclic amines) is 1. The maximum Gasteiger partial charge on any atom is 0.246 e. The highest BCUT2D eigenvalue weighted by Crippen LogP contribution is 2.46. The van der Waals surface area contributed by atoms with Crippen LogP contribution in [0.15, 0.2) is 54.7 Å². The molecule has 1 saturated heterocycles. The Bertz CT molecular complexity index is 1300. The maximum atomic E-state index is 13.5. The average molecular weight is 494 g/mol. The maximum absolute atomic E-state index is 13.5. The fraction of sp³-hybridized carbons (Fsp3) is 0.370. The van der Waals surface area contributed by atoms with Crippen molar-refractivity contribution < 1.29 is 19.1 Å². The molecule has 1 aliphatic heterocycles. The average Bonchev–Trinajstić information content (AvgIpc) is 3.34. The minimum Gasteiger partial charge on any atom is -0.379 e. The number of carbonyl (C=O) groups excluding carboxylic acids is 3. The first-order valence-electron chi connectivity index (χ1n) is 11.8. The number of ketones is 1. The predicted octanol–water partition coefficient (Wildman–Crippen LogP) is 3.92. The van der Waals surface area contributed by atoms with Crippen molar-refractivity contribution >= 4 is 40.1 Å². The number of hydrogen-bond donors (Lipinski definition) is 1. The van der Waals surface area contributed by atoms with Gasteiger partial charge in [0.2, 0.25) is 11.8 Å². The Balaban J connectivity index is 1.37. The molecule has 8 heteroatoms. The van der Waals surface area contributed by atoms with Crippen LogP contribution in [0.4, 0.5) is 0 Å². The normalized spacial score (nSPS) is 20.7. The van der Waals surface area contributed by atoms with E-state index in [2.05, 4.69) is 5.32 Å². The highest BCUT2D eigenvalue weighted by molar-refractivity contribution is 6.30. The van der Waals surface area contributed by atoms with Gasteiger partial charge in [-0.1, -0.05) is 41.9 Å². The molecule has 2 aromatic carbocycles. The van der Waals surface area contributed by atoms with E-state index in [4.69, 9.17) is 16.3 Å². The summed E-state index contributed by atoms with van der Waals surface area (Å²) in [5.74, 6) is -0.448. The van der Waals surface area contributed by atoms with Gasteiger partial charge in [0.25, 0.3) is 0 Å². The van der Waals surface area contributed by atoms with Gasteiger partial charge in [-0.05, 0) is 49.9 Å². The number of benzene rings is 2. The molecular weight excluding hydrogens is 466 g/mol. The number of nitrogens with one attached hydrogen (secondary N) is 1. The fourth-order valence-electron chi connectivity index (χ4n) is 5.19. The monoisotopic (exact) mass is 493 g/mol. The van der Waals surface area contributed by atoms with Crippen LogP contribution >= 0.6 is 11.6 Å². The number of nitrogens with zero attached hydrogens (tertiary/aromatic N) is 2. The zero-order valence-electron chi connectivity index (χ0n) is 19.8. The van der Waals surface area contributed by atoms with Crippen LogP contribution in [0.25, 0.3) is 10.9 Å². The van der Waals surface area contributed by atoms with Gasteiger partial charge in [0.1, 0.15) is 12.6 Å². The molecule has 0 radical (unpaired) electrons. The molecule has 0 bridgehead atoms. The first-order valence-corrected chi connectivity index (χ1v) is 12.2. The second kappa shape index (κ2) is 9.13. The van der Waals surface area contributed by atoms with E-state index in [9.17, 15) is 14.4 Å². The molecule has 0 spiro atoms. The molecule has 0 unspecified atom stereocenters. The van der Waals surface area contributed by atoms with E-state index < -0.39 is 11.6 Å². The third-order valence-corrected chi connectivity index (χ3v) is 7.47. The summed E-state index contributed by atoms with van der Waals surface area (Å²) >= 11 is 6.04. The van der Waals surface area contributed by atoms with Crippen molar-refractivity contribution in [2.24, 2.45) is 0 Å². The lowest BCUT2D eigenvalue weighted by atomic mass is 10.0. The van der Waals surface area contributed by atoms with Crippen molar-refractivity contribution in [3.8, 4) is 0 Å². The van der Waals surface area contributed by atoms with Crippen molar-refractivity contribution in [1.82, 2.24) is 14.8 Å². The second-order valence-corrected chi connectivity index (χ2v) is 9.85. The first-order chi connectivity index (χ1) is 16.8. The van der Waals surface area contributed by atoms with E-state index in [0.29, 0.717) is 23.6 Å². The Hall–Kier alpha value is -3.16. The minimum absolute atomic E-state index is 0.0380. The molecule has 2 amide bonds. The van der Waals surface area contributed by atoms with Crippen LogP contribution < -0.4 is 5.32 Å². The quantitative estimate of drug-likeness (QED) is 0.506. The molecule has 3 aromatic rings. The van der Waals surface area contributed by atoms with E-state index >= 15 is 0 Å². The zero-order valence-corrected chi connectivity index (χ0v) is 20.5. The van der Waals surface area contributed by atoms with E-state index in [1.54, 1.807) is 22.8 Å². The van der Waals surface area contributed by atoms with Gasteiger partial charge in [-0.15, -0.1) is 0 Å². The third-order valence-electron chi connectivity index (χ3n) is 7.22. The Kier molecular flexibility index (Phi) is 6.15. The minimum atomic E-state index is -0.716. The van der Waals surface area contributed by atoms with E-state index in [1.165, 1.54) is 6.92 Å². The number of rotatable bonds is 7. The topological polar surface area (TPSA) is 80.6 Å². The summed E-state index contributed by atoms with van der Waals surface area (Å²) < 4.78 is 7.41. The third kappa shape index (κ3) is 4.34. The highest BCUT2D eigenvalue weighted by atomic mass is 35.5. The summed E-state index contributed by atoms with van der Waals surface area (Å²) in [6.07, 6.45) is 3.60. The van der Waals surface area contributed by atoms with Gasteiger partial charge >= 0.3 is 0 Å². The lowest BCUT2D eigenvalue weighted by molar-refractivity contribution is -0.142. The van der Waals surface area contributed by atoms with Crippen LogP contribution in [0.1, 0.15) is 42.1 Å². The second-order valence-electron chi connectivity index (χ2n) is 9.42. The van der Waals surface area contributed by atoms with Crippen molar-refractivity contribution in [2.75, 3.05) is 13.7 Å². The molecule has 2 aliphatic rings. The number of halogens is 1. The number of aromatic nitrogens is 1. The summed E-state index contributed by atoms with van der Waals surface area (Å²) in [5, 5.41) is 4.66. The molecule has 5 rings (SSSR count). The van der Waals surface area contributed by atoms with Gasteiger partial charge in [-0.25, -0.2) is 0 Å². The molecule has 1 saturated carbocycles. The Morgan fingerprint density at radius 1 is 1.11 bits per heavy atom. The van der Waals surface area contributed by atoms with Crippen LogP contribution in [-0.2, 0) is 26.4 Å². The van der Waals surface area contributed by atoms with E-state index in [0.717, 1.165) is 29.3 Å². The molecule has 35 heavy (non-hydrogen) atoms. The zero-order chi connectivity index (χ0) is 24.7. The summed E-state index contributed by atoms with van der Waals surface area (Å²) in [4.78, 5) is 40.7. The molecule has 2 heterocycles. The number of para-hydroxylation sites is 1. The van der Waals surface area contributed by atoms with Crippen LogP contribution in [0, 0.1) is 0 Å². The van der Waals surface area contributed by atoms with Gasteiger partial charge in [0.15, 0.2) is 5.78 Å². The van der Waals surface area contributed by atoms with Crippen molar-refractivity contribution in [3.63, 3.8) is 0 Å². The number of fused-ring (bicyclic) bond motifs is 1. The summed E-state index contributed by atoms with van der Waals surface area (Å²) in [7, 11) is 1.57. The molecule has 7 nitrogen and oxygen atoms in total. The van der Waals surface area contributed by atoms with Gasteiger partial charge in [0.05, 0.1) is 11.6 Å². The van der Waals surface area contributed by atoms with Crippen LogP contribution in [0.5, 0.6) is 0 Å². The van der Waals surface area contributed by atoms with Crippen LogP contribution in [-0.4, -0.2) is 52.9 Å². The number of methoxy groups -OCH3 is 1. The van der Waals surface area contributed by atoms with E-state index in [-0.39, 0.29) is 30.2 Å². The highest BCUT2D eigenvalue weighted by Gasteiger charge is 2.50. The molecule has 1 N–H and O–H groups in total. The molecule has 1 aliphatic carbocycles.